The Hall–Kier alpha value is -2.06. The Bertz CT molecular complexity index is 615. The molecule has 0 saturated heterocycles. The summed E-state index contributed by atoms with van der Waals surface area (Å²) in [6.45, 7) is 2.85. The van der Waals surface area contributed by atoms with Gasteiger partial charge in [0.25, 0.3) is 5.82 Å². The molecule has 0 aliphatic rings. The highest BCUT2D eigenvalue weighted by molar-refractivity contribution is 5.83. The summed E-state index contributed by atoms with van der Waals surface area (Å²) in [5, 5.41) is 4.64. The SMILES string of the molecule is CCOC(=O)Nc1cc([NH2+]Cc2ccccc2)c(N)c[nH+]1.O.[Cl-].[Cl-]. The Morgan fingerprint density at radius 3 is 2.58 bits per heavy atom. The first-order valence-corrected chi connectivity index (χ1v) is 6.81. The number of hydrogen-bond acceptors (Lipinski definition) is 3. The lowest BCUT2D eigenvalue weighted by atomic mass is 10.2. The molecule has 0 saturated carbocycles. The van der Waals surface area contributed by atoms with Gasteiger partial charge in [-0.1, -0.05) is 30.3 Å². The van der Waals surface area contributed by atoms with Crippen molar-refractivity contribution in [3.8, 4) is 0 Å². The largest absolute Gasteiger partial charge is 1.00 e. The second-order valence-corrected chi connectivity index (χ2v) is 4.50. The topological polar surface area (TPSA) is 127 Å². The molecular weight excluding hydrogens is 355 g/mol. The molecule has 24 heavy (non-hydrogen) atoms. The third-order valence-corrected chi connectivity index (χ3v) is 2.93. The molecule has 0 radical (unpaired) electrons. The standard InChI is InChI=1S/C15H18N4O2.2ClH.H2O/c1-2-21-15(20)19-14-8-13(12(16)10-18-14)17-9-11-6-4-3-5-7-11;;;/h3-8,10H,2,9,16H2,1H3,(H2,17,18,19,20);2*1H;1H2. The van der Waals surface area contributed by atoms with Crippen molar-refractivity contribution in [3.63, 3.8) is 0 Å². The number of benzene rings is 1. The third-order valence-electron chi connectivity index (χ3n) is 2.93. The van der Waals surface area contributed by atoms with E-state index in [2.05, 4.69) is 22.4 Å². The van der Waals surface area contributed by atoms with Crippen LogP contribution in [0.3, 0.4) is 0 Å². The monoisotopic (exact) mass is 376 g/mol. The number of quaternary nitrogens is 1. The fourth-order valence-electron chi connectivity index (χ4n) is 1.89. The van der Waals surface area contributed by atoms with E-state index in [1.165, 1.54) is 5.56 Å². The van der Waals surface area contributed by atoms with Crippen molar-refractivity contribution in [2.24, 2.45) is 0 Å². The van der Waals surface area contributed by atoms with Crippen LogP contribution in [0, 0.1) is 0 Å². The second-order valence-electron chi connectivity index (χ2n) is 4.50. The fraction of sp³-hybridized carbons (Fsp3) is 0.200. The van der Waals surface area contributed by atoms with E-state index in [4.69, 9.17) is 10.5 Å². The maximum absolute atomic E-state index is 11.4. The third kappa shape index (κ3) is 7.47. The number of nitrogen functional groups attached to an aromatic ring is 1. The van der Waals surface area contributed by atoms with Crippen molar-refractivity contribution >= 4 is 23.3 Å². The predicted octanol–water partition coefficient (Wildman–Crippen LogP) is -5.77. The number of nitrogens with two attached hydrogens (primary N) is 2. The van der Waals surface area contributed by atoms with E-state index < -0.39 is 6.09 Å². The number of carbonyl (C=O) groups is 1. The zero-order valence-corrected chi connectivity index (χ0v) is 14.7. The number of aromatic nitrogens is 1. The Morgan fingerprint density at radius 2 is 1.96 bits per heavy atom. The summed E-state index contributed by atoms with van der Waals surface area (Å²) < 4.78 is 4.83. The molecule has 1 aromatic carbocycles. The van der Waals surface area contributed by atoms with Crippen LogP contribution in [0.4, 0.5) is 22.0 Å². The molecule has 1 heterocycles. The summed E-state index contributed by atoms with van der Waals surface area (Å²) in [5.41, 5.74) is 8.63. The van der Waals surface area contributed by atoms with E-state index in [0.717, 1.165) is 12.2 Å². The molecule has 0 fully saturated rings. The van der Waals surface area contributed by atoms with Gasteiger partial charge in [0.05, 0.1) is 12.7 Å². The van der Waals surface area contributed by atoms with Gasteiger partial charge in [-0.3, -0.25) is 0 Å². The van der Waals surface area contributed by atoms with Crippen molar-refractivity contribution in [2.75, 3.05) is 17.7 Å². The number of amides is 1. The number of ether oxygens (including phenoxy) is 1. The molecule has 1 aromatic heterocycles. The van der Waals surface area contributed by atoms with E-state index in [1.807, 2.05) is 23.5 Å². The van der Waals surface area contributed by atoms with Crippen LogP contribution in [0.5, 0.6) is 0 Å². The van der Waals surface area contributed by atoms with Crippen molar-refractivity contribution in [3.05, 3.63) is 48.2 Å². The van der Waals surface area contributed by atoms with Gasteiger partial charge in [0.15, 0.2) is 5.69 Å². The lowest BCUT2D eigenvalue weighted by molar-refractivity contribution is -0.588. The van der Waals surface area contributed by atoms with Crippen LogP contribution in [-0.2, 0) is 11.3 Å². The van der Waals surface area contributed by atoms with E-state index in [1.54, 1.807) is 19.2 Å². The molecule has 2 rings (SSSR count). The summed E-state index contributed by atoms with van der Waals surface area (Å²) in [6.07, 6.45) is 1.16. The van der Waals surface area contributed by atoms with Crippen molar-refractivity contribution in [2.45, 2.75) is 13.5 Å². The molecule has 2 aromatic rings. The predicted molar refractivity (Wildman–Crippen MR) is 83.4 cm³/mol. The molecule has 7 nitrogen and oxygen atoms in total. The molecule has 0 unspecified atom stereocenters. The van der Waals surface area contributed by atoms with Gasteiger partial charge in [-0.2, -0.15) is 10.1 Å². The summed E-state index contributed by atoms with van der Waals surface area (Å²) in [7, 11) is 0. The van der Waals surface area contributed by atoms with Gasteiger partial charge in [0, 0.05) is 5.56 Å². The van der Waals surface area contributed by atoms with Crippen LogP contribution in [0.25, 0.3) is 0 Å². The number of anilines is 2. The number of carbonyl (C=O) groups excluding carboxylic acids is 1. The number of H-pyrrole nitrogens is 1. The van der Waals surface area contributed by atoms with Crippen molar-refractivity contribution in [1.82, 2.24) is 0 Å². The molecule has 0 spiro atoms. The minimum atomic E-state index is -0.493. The molecule has 8 N–H and O–H groups in total. The first kappa shape index (κ1) is 24.2. The van der Waals surface area contributed by atoms with E-state index in [-0.39, 0.29) is 30.3 Å². The number of rotatable bonds is 5. The zero-order chi connectivity index (χ0) is 15.1. The Labute approximate surface area is 153 Å². The highest BCUT2D eigenvalue weighted by atomic mass is 35.5. The first-order valence-electron chi connectivity index (χ1n) is 6.81. The average Bonchev–Trinajstić information content (AvgIpc) is 2.49. The zero-order valence-electron chi connectivity index (χ0n) is 13.2. The lowest BCUT2D eigenvalue weighted by Gasteiger charge is -2.04. The summed E-state index contributed by atoms with van der Waals surface area (Å²) in [4.78, 5) is 14.3. The molecule has 0 aliphatic carbocycles. The van der Waals surface area contributed by atoms with E-state index in [9.17, 15) is 4.79 Å². The van der Waals surface area contributed by atoms with Crippen LogP contribution in [0.2, 0.25) is 0 Å². The first-order chi connectivity index (χ1) is 10.2. The van der Waals surface area contributed by atoms with Crippen LogP contribution >= 0.6 is 0 Å². The molecule has 1 amide bonds. The molecule has 0 aliphatic heterocycles. The summed E-state index contributed by atoms with van der Waals surface area (Å²) in [5.74, 6) is 0.543. The highest BCUT2D eigenvalue weighted by Crippen LogP contribution is 2.13. The number of halogens is 2. The second kappa shape index (κ2) is 12.4. The summed E-state index contributed by atoms with van der Waals surface area (Å²) in [6, 6.07) is 11.9. The molecular formula is C15H22Cl2N4O3. The number of hydrogen-bond donors (Lipinski definition) is 3. The smallest absolute Gasteiger partial charge is 0.504 e. The van der Waals surface area contributed by atoms with Crippen LogP contribution < -0.4 is 46.2 Å². The maximum Gasteiger partial charge on any atom is 0.504 e. The summed E-state index contributed by atoms with van der Waals surface area (Å²) >= 11 is 0. The molecule has 0 atom stereocenters. The van der Waals surface area contributed by atoms with Crippen LogP contribution in [0.1, 0.15) is 12.5 Å². The van der Waals surface area contributed by atoms with E-state index >= 15 is 0 Å². The van der Waals surface area contributed by atoms with Gasteiger partial charge in [-0.05, 0) is 6.92 Å². The Kier molecular flexibility index (Phi) is 12.5. The van der Waals surface area contributed by atoms with Crippen molar-refractivity contribution in [1.29, 1.82) is 0 Å². The van der Waals surface area contributed by atoms with Gasteiger partial charge in [0.2, 0.25) is 0 Å². The molecule has 0 bridgehead atoms. The minimum absolute atomic E-state index is 0. The quantitative estimate of drug-likeness (QED) is 0.481. The molecule has 134 valence electrons. The lowest BCUT2D eigenvalue weighted by Crippen LogP contribution is -3.00. The van der Waals surface area contributed by atoms with Gasteiger partial charge >= 0.3 is 6.09 Å². The van der Waals surface area contributed by atoms with E-state index in [0.29, 0.717) is 18.1 Å². The van der Waals surface area contributed by atoms with Gasteiger partial charge in [-0.15, -0.1) is 0 Å². The Morgan fingerprint density at radius 1 is 1.29 bits per heavy atom. The normalized spacial score (nSPS) is 8.88. The van der Waals surface area contributed by atoms with Gasteiger partial charge in [0.1, 0.15) is 18.4 Å². The molecule has 9 heteroatoms. The number of pyridine rings is 1. The van der Waals surface area contributed by atoms with Gasteiger partial charge in [-0.25, -0.2) is 4.98 Å². The Balaban J connectivity index is 0. The van der Waals surface area contributed by atoms with Gasteiger partial charge < -0.3 is 46.1 Å². The average molecular weight is 377 g/mol. The number of aromatic amines is 1. The minimum Gasteiger partial charge on any atom is -1.00 e. The fourth-order valence-corrected chi connectivity index (χ4v) is 1.89. The number of nitrogens with one attached hydrogen (secondary N) is 2. The van der Waals surface area contributed by atoms with Crippen LogP contribution in [0.15, 0.2) is 42.6 Å². The maximum atomic E-state index is 11.4. The highest BCUT2D eigenvalue weighted by Gasteiger charge is 2.15. The van der Waals surface area contributed by atoms with Crippen molar-refractivity contribution < 1.29 is 50.1 Å². The van der Waals surface area contributed by atoms with Crippen LogP contribution in [-0.4, -0.2) is 18.2 Å².